The first-order valence-corrected chi connectivity index (χ1v) is 4.77. The lowest BCUT2D eigenvalue weighted by molar-refractivity contribution is 0.834. The van der Waals surface area contributed by atoms with Gasteiger partial charge in [0.15, 0.2) is 5.82 Å². The highest BCUT2D eigenvalue weighted by Crippen LogP contribution is 2.12. The standard InChI is InChI=1S/C9H13N7/c1-6-4-7(12-5-11-6)16-8(10)13-9(14-16)15(2)3/h4-5H,1-3H3,(H2,10,13,14). The van der Waals surface area contributed by atoms with E-state index in [4.69, 9.17) is 5.73 Å². The second-order valence-corrected chi connectivity index (χ2v) is 3.59. The third-order valence-corrected chi connectivity index (χ3v) is 2.03. The maximum Gasteiger partial charge on any atom is 0.246 e. The van der Waals surface area contributed by atoms with Crippen molar-refractivity contribution in [3.05, 3.63) is 18.1 Å². The molecule has 84 valence electrons. The van der Waals surface area contributed by atoms with Gasteiger partial charge in [-0.05, 0) is 6.92 Å². The fourth-order valence-corrected chi connectivity index (χ4v) is 1.23. The van der Waals surface area contributed by atoms with Crippen molar-refractivity contribution >= 4 is 11.9 Å². The van der Waals surface area contributed by atoms with Gasteiger partial charge in [0, 0.05) is 25.9 Å². The number of nitrogens with two attached hydrogens (primary N) is 1. The smallest absolute Gasteiger partial charge is 0.246 e. The average Bonchev–Trinajstić information content (AvgIpc) is 2.60. The van der Waals surface area contributed by atoms with Gasteiger partial charge >= 0.3 is 0 Å². The van der Waals surface area contributed by atoms with Crippen LogP contribution in [0.1, 0.15) is 5.69 Å². The van der Waals surface area contributed by atoms with Gasteiger partial charge in [0.25, 0.3) is 0 Å². The fourth-order valence-electron chi connectivity index (χ4n) is 1.23. The number of anilines is 2. The van der Waals surface area contributed by atoms with Crippen molar-refractivity contribution in [2.75, 3.05) is 24.7 Å². The third-order valence-electron chi connectivity index (χ3n) is 2.03. The van der Waals surface area contributed by atoms with E-state index in [9.17, 15) is 0 Å². The molecular weight excluding hydrogens is 206 g/mol. The molecule has 2 aromatic rings. The minimum atomic E-state index is 0.307. The van der Waals surface area contributed by atoms with Crippen molar-refractivity contribution in [1.29, 1.82) is 0 Å². The van der Waals surface area contributed by atoms with Gasteiger partial charge in [0.2, 0.25) is 11.9 Å². The average molecular weight is 219 g/mol. The number of nitrogen functional groups attached to an aromatic ring is 1. The van der Waals surface area contributed by atoms with Crippen LogP contribution in [0.15, 0.2) is 12.4 Å². The molecule has 0 aliphatic heterocycles. The van der Waals surface area contributed by atoms with E-state index in [-0.39, 0.29) is 0 Å². The molecule has 0 aliphatic carbocycles. The number of rotatable bonds is 2. The first kappa shape index (κ1) is 10.3. The molecular formula is C9H13N7. The Morgan fingerprint density at radius 3 is 2.62 bits per heavy atom. The number of aromatic nitrogens is 5. The summed E-state index contributed by atoms with van der Waals surface area (Å²) in [7, 11) is 3.70. The Kier molecular flexibility index (Phi) is 2.43. The molecule has 0 amide bonds. The van der Waals surface area contributed by atoms with Gasteiger partial charge in [-0.1, -0.05) is 0 Å². The number of nitrogens with zero attached hydrogens (tertiary/aromatic N) is 6. The topological polar surface area (TPSA) is 85.8 Å². The zero-order valence-corrected chi connectivity index (χ0v) is 9.42. The largest absolute Gasteiger partial charge is 0.368 e. The predicted octanol–water partition coefficient (Wildman–Crippen LogP) is 0.0139. The summed E-state index contributed by atoms with van der Waals surface area (Å²) >= 11 is 0. The Morgan fingerprint density at radius 2 is 2.06 bits per heavy atom. The molecule has 0 bridgehead atoms. The van der Waals surface area contributed by atoms with E-state index < -0.39 is 0 Å². The second-order valence-electron chi connectivity index (χ2n) is 3.59. The monoisotopic (exact) mass is 219 g/mol. The van der Waals surface area contributed by atoms with Gasteiger partial charge in [-0.2, -0.15) is 9.67 Å². The number of aryl methyl sites for hydroxylation is 1. The molecule has 0 aliphatic rings. The van der Waals surface area contributed by atoms with Gasteiger partial charge < -0.3 is 10.6 Å². The Morgan fingerprint density at radius 1 is 1.31 bits per heavy atom. The molecule has 0 atom stereocenters. The van der Waals surface area contributed by atoms with E-state index in [0.29, 0.717) is 17.7 Å². The molecule has 0 radical (unpaired) electrons. The molecule has 0 spiro atoms. The van der Waals surface area contributed by atoms with E-state index >= 15 is 0 Å². The third kappa shape index (κ3) is 1.79. The van der Waals surface area contributed by atoms with E-state index in [1.165, 1.54) is 11.0 Å². The van der Waals surface area contributed by atoms with Gasteiger partial charge in [-0.3, -0.25) is 0 Å². The van der Waals surface area contributed by atoms with Gasteiger partial charge in [-0.25, -0.2) is 9.97 Å². The van der Waals surface area contributed by atoms with Crippen LogP contribution in [0.4, 0.5) is 11.9 Å². The quantitative estimate of drug-likeness (QED) is 0.766. The lowest BCUT2D eigenvalue weighted by atomic mass is 10.4. The first-order chi connectivity index (χ1) is 7.58. The molecule has 2 heterocycles. The summed E-state index contributed by atoms with van der Waals surface area (Å²) in [5, 5.41) is 4.24. The van der Waals surface area contributed by atoms with E-state index in [0.717, 1.165) is 5.69 Å². The van der Waals surface area contributed by atoms with Crippen molar-refractivity contribution in [3.63, 3.8) is 0 Å². The van der Waals surface area contributed by atoms with Crippen LogP contribution in [0.2, 0.25) is 0 Å². The van der Waals surface area contributed by atoms with Crippen LogP contribution in [0.5, 0.6) is 0 Å². The van der Waals surface area contributed by atoms with Crippen molar-refractivity contribution in [2.24, 2.45) is 0 Å². The van der Waals surface area contributed by atoms with Gasteiger partial charge in [0.1, 0.15) is 6.33 Å². The second kappa shape index (κ2) is 3.76. The number of hydrogen-bond donors (Lipinski definition) is 1. The Labute approximate surface area is 92.9 Å². The summed E-state index contributed by atoms with van der Waals surface area (Å²) in [5.74, 6) is 1.47. The summed E-state index contributed by atoms with van der Waals surface area (Å²) in [5.41, 5.74) is 6.62. The minimum absolute atomic E-state index is 0.307. The maximum atomic E-state index is 5.76. The molecule has 2 rings (SSSR count). The highest BCUT2D eigenvalue weighted by molar-refractivity contribution is 5.39. The zero-order valence-electron chi connectivity index (χ0n) is 9.42. The van der Waals surface area contributed by atoms with Crippen LogP contribution >= 0.6 is 0 Å². The van der Waals surface area contributed by atoms with Crippen LogP contribution in [0.25, 0.3) is 5.82 Å². The fraction of sp³-hybridized carbons (Fsp3) is 0.333. The number of hydrogen-bond acceptors (Lipinski definition) is 6. The Hall–Kier alpha value is -2.18. The Balaban J connectivity index is 2.48. The lowest BCUT2D eigenvalue weighted by Gasteiger charge is -2.04. The highest BCUT2D eigenvalue weighted by atomic mass is 15.5. The van der Waals surface area contributed by atoms with Crippen molar-refractivity contribution < 1.29 is 0 Å². The van der Waals surface area contributed by atoms with Crippen molar-refractivity contribution in [1.82, 2.24) is 24.7 Å². The van der Waals surface area contributed by atoms with E-state index in [1.807, 2.05) is 21.0 Å². The summed E-state index contributed by atoms with van der Waals surface area (Å²) in [6.45, 7) is 1.88. The molecule has 0 aromatic carbocycles. The summed E-state index contributed by atoms with van der Waals surface area (Å²) in [6, 6.07) is 1.80. The predicted molar refractivity (Wildman–Crippen MR) is 60.4 cm³/mol. The highest BCUT2D eigenvalue weighted by Gasteiger charge is 2.10. The normalized spacial score (nSPS) is 10.4. The molecule has 0 saturated heterocycles. The van der Waals surface area contributed by atoms with Crippen molar-refractivity contribution in [3.8, 4) is 5.82 Å². The molecule has 2 aromatic heterocycles. The molecule has 16 heavy (non-hydrogen) atoms. The molecule has 7 heteroatoms. The van der Waals surface area contributed by atoms with Crippen LogP contribution in [-0.2, 0) is 0 Å². The maximum absolute atomic E-state index is 5.76. The summed E-state index contributed by atoms with van der Waals surface area (Å²) in [4.78, 5) is 14.0. The van der Waals surface area contributed by atoms with Crippen LogP contribution in [-0.4, -0.2) is 38.8 Å². The molecule has 0 unspecified atom stereocenters. The van der Waals surface area contributed by atoms with Crippen LogP contribution < -0.4 is 10.6 Å². The molecule has 2 N–H and O–H groups in total. The van der Waals surface area contributed by atoms with E-state index in [1.54, 1.807) is 11.0 Å². The summed E-state index contributed by atoms with van der Waals surface area (Å²) < 4.78 is 1.49. The zero-order chi connectivity index (χ0) is 11.7. The summed E-state index contributed by atoms with van der Waals surface area (Å²) in [6.07, 6.45) is 1.47. The molecule has 7 nitrogen and oxygen atoms in total. The minimum Gasteiger partial charge on any atom is -0.368 e. The van der Waals surface area contributed by atoms with Crippen LogP contribution in [0, 0.1) is 6.92 Å². The van der Waals surface area contributed by atoms with Crippen LogP contribution in [0.3, 0.4) is 0 Å². The Bertz CT molecular complexity index is 502. The van der Waals surface area contributed by atoms with Crippen molar-refractivity contribution in [2.45, 2.75) is 6.92 Å². The lowest BCUT2D eigenvalue weighted by Crippen LogP contribution is -2.11. The van der Waals surface area contributed by atoms with E-state index in [2.05, 4.69) is 20.1 Å². The first-order valence-electron chi connectivity index (χ1n) is 4.77. The van der Waals surface area contributed by atoms with Gasteiger partial charge in [0.05, 0.1) is 0 Å². The molecule has 0 saturated carbocycles. The van der Waals surface area contributed by atoms with Gasteiger partial charge in [-0.15, -0.1) is 5.10 Å². The SMILES string of the molecule is Cc1cc(-n2nc(N(C)C)nc2N)ncn1. The molecule has 0 fully saturated rings.